The van der Waals surface area contributed by atoms with E-state index in [-0.39, 0.29) is 0 Å². The number of rotatable bonds is 2. The molecule has 0 aliphatic carbocycles. The number of nitrogens with one attached hydrogen (secondary N) is 1. The van der Waals surface area contributed by atoms with Crippen molar-refractivity contribution in [1.82, 2.24) is 5.48 Å². The summed E-state index contributed by atoms with van der Waals surface area (Å²) in [6.07, 6.45) is 0. The lowest BCUT2D eigenvalue weighted by molar-refractivity contribution is 0.0229. The molecule has 1 amide bonds. The molecule has 4 nitrogen and oxygen atoms in total. The number of halogens is 2. The Morgan fingerprint density at radius 2 is 1.70 bits per heavy atom. The van der Waals surface area contributed by atoms with Gasteiger partial charge in [0.25, 0.3) is 5.91 Å². The van der Waals surface area contributed by atoms with E-state index < -0.39 is 11.9 Å². The number of benzene rings is 2. The van der Waals surface area contributed by atoms with E-state index in [4.69, 9.17) is 16.4 Å². The van der Waals surface area contributed by atoms with Crippen molar-refractivity contribution in [3.05, 3.63) is 69.2 Å². The van der Waals surface area contributed by atoms with Crippen molar-refractivity contribution in [2.75, 3.05) is 0 Å². The lowest BCUT2D eigenvalue weighted by atomic mass is 10.2. The van der Waals surface area contributed by atoms with Gasteiger partial charge < -0.3 is 4.84 Å². The molecule has 0 saturated heterocycles. The molecule has 1 N–H and O–H groups in total. The largest absolute Gasteiger partial charge is 0.364 e. The zero-order valence-corrected chi connectivity index (χ0v) is 12.4. The molecular formula is C14H9BrClNO3. The summed E-state index contributed by atoms with van der Waals surface area (Å²) < 4.78 is 0.589. The molecule has 0 unspecified atom stereocenters. The van der Waals surface area contributed by atoms with E-state index in [9.17, 15) is 9.59 Å². The van der Waals surface area contributed by atoms with Crippen LogP contribution in [0.2, 0.25) is 5.02 Å². The molecule has 2 aromatic rings. The van der Waals surface area contributed by atoms with Crippen molar-refractivity contribution >= 4 is 39.4 Å². The molecular weight excluding hydrogens is 346 g/mol. The third kappa shape index (κ3) is 3.59. The highest BCUT2D eigenvalue weighted by atomic mass is 79.9. The Morgan fingerprint density at radius 3 is 2.35 bits per heavy atom. The summed E-state index contributed by atoms with van der Waals surface area (Å²) in [7, 11) is 0. The Kier molecular flexibility index (Phi) is 4.76. The summed E-state index contributed by atoms with van der Waals surface area (Å²) in [4.78, 5) is 28.3. The van der Waals surface area contributed by atoms with E-state index in [0.717, 1.165) is 0 Å². The van der Waals surface area contributed by atoms with E-state index in [0.29, 0.717) is 20.6 Å². The quantitative estimate of drug-likeness (QED) is 0.838. The number of amides is 1. The number of carbonyl (C=O) groups excluding carboxylic acids is 2. The third-order valence-corrected chi connectivity index (χ3v) is 3.38. The molecule has 0 radical (unpaired) electrons. The molecule has 0 atom stereocenters. The lowest BCUT2D eigenvalue weighted by Crippen LogP contribution is -2.27. The van der Waals surface area contributed by atoms with Gasteiger partial charge >= 0.3 is 5.97 Å². The number of hydrogen-bond donors (Lipinski definition) is 1. The van der Waals surface area contributed by atoms with Gasteiger partial charge in [-0.15, -0.1) is 0 Å². The average molecular weight is 355 g/mol. The molecule has 0 aliphatic rings. The molecule has 0 saturated carbocycles. The van der Waals surface area contributed by atoms with Crippen LogP contribution in [0.5, 0.6) is 0 Å². The molecule has 102 valence electrons. The molecule has 0 heterocycles. The van der Waals surface area contributed by atoms with Crippen molar-refractivity contribution in [3.8, 4) is 0 Å². The molecule has 0 aromatic heterocycles. The van der Waals surface area contributed by atoms with E-state index in [1.807, 2.05) is 0 Å². The van der Waals surface area contributed by atoms with Crippen LogP contribution in [0.4, 0.5) is 0 Å². The first-order valence-corrected chi connectivity index (χ1v) is 6.76. The fraction of sp³-hybridized carbons (Fsp3) is 0. The van der Waals surface area contributed by atoms with Gasteiger partial charge in [0.05, 0.1) is 5.56 Å². The molecule has 20 heavy (non-hydrogen) atoms. The van der Waals surface area contributed by atoms with Crippen LogP contribution in [-0.2, 0) is 4.84 Å². The molecule has 2 aromatic carbocycles. The average Bonchev–Trinajstić information content (AvgIpc) is 2.45. The minimum absolute atomic E-state index is 0.323. The first-order chi connectivity index (χ1) is 9.58. The topological polar surface area (TPSA) is 55.4 Å². The summed E-state index contributed by atoms with van der Waals surface area (Å²) in [5.74, 6) is -1.18. The van der Waals surface area contributed by atoms with Crippen LogP contribution in [-0.4, -0.2) is 11.9 Å². The standard InChI is InChI=1S/C14H9BrClNO3/c15-12-4-2-1-3-11(12)14(19)20-17-13(18)9-5-7-10(16)8-6-9/h1-8H,(H,17,18). The summed E-state index contributed by atoms with van der Waals surface area (Å²) in [6, 6.07) is 13.0. The Balaban J connectivity index is 1.99. The van der Waals surface area contributed by atoms with Crippen LogP contribution in [0.25, 0.3) is 0 Å². The maximum Gasteiger partial charge on any atom is 0.364 e. The molecule has 0 spiro atoms. The monoisotopic (exact) mass is 353 g/mol. The second kappa shape index (κ2) is 6.54. The second-order valence-corrected chi connectivity index (χ2v) is 5.10. The fourth-order valence-corrected chi connectivity index (χ4v) is 2.01. The number of hydroxylamine groups is 1. The summed E-state index contributed by atoms with van der Waals surface area (Å²) >= 11 is 8.95. The third-order valence-electron chi connectivity index (χ3n) is 2.44. The van der Waals surface area contributed by atoms with Crippen molar-refractivity contribution in [1.29, 1.82) is 0 Å². The van der Waals surface area contributed by atoms with Gasteiger partial charge in [-0.05, 0) is 52.3 Å². The Morgan fingerprint density at radius 1 is 1.05 bits per heavy atom. The van der Waals surface area contributed by atoms with Crippen molar-refractivity contribution < 1.29 is 14.4 Å². The predicted octanol–water partition coefficient (Wildman–Crippen LogP) is 3.60. The van der Waals surface area contributed by atoms with Crippen LogP contribution in [0.15, 0.2) is 53.0 Å². The van der Waals surface area contributed by atoms with Gasteiger partial charge in [0.15, 0.2) is 0 Å². The maximum absolute atomic E-state index is 11.8. The highest BCUT2D eigenvalue weighted by Crippen LogP contribution is 2.16. The smallest absolute Gasteiger partial charge is 0.335 e. The minimum Gasteiger partial charge on any atom is -0.335 e. The fourth-order valence-electron chi connectivity index (χ4n) is 1.43. The van der Waals surface area contributed by atoms with Crippen molar-refractivity contribution in [3.63, 3.8) is 0 Å². The first-order valence-electron chi connectivity index (χ1n) is 5.59. The molecule has 2 rings (SSSR count). The zero-order valence-electron chi connectivity index (χ0n) is 10.1. The SMILES string of the molecule is O=C(NOC(=O)c1ccccc1Br)c1ccc(Cl)cc1. The van der Waals surface area contributed by atoms with Gasteiger partial charge in [-0.2, -0.15) is 5.48 Å². The van der Waals surface area contributed by atoms with Gasteiger partial charge in [-0.3, -0.25) is 4.79 Å². The highest BCUT2D eigenvalue weighted by molar-refractivity contribution is 9.10. The predicted molar refractivity (Wildman–Crippen MR) is 78.5 cm³/mol. The molecule has 0 fully saturated rings. The van der Waals surface area contributed by atoms with E-state index in [2.05, 4.69) is 21.4 Å². The summed E-state index contributed by atoms with van der Waals surface area (Å²) in [6.45, 7) is 0. The second-order valence-electron chi connectivity index (χ2n) is 3.81. The maximum atomic E-state index is 11.8. The van der Waals surface area contributed by atoms with Crippen LogP contribution in [0.3, 0.4) is 0 Å². The van der Waals surface area contributed by atoms with Crippen LogP contribution in [0, 0.1) is 0 Å². The van der Waals surface area contributed by atoms with E-state index >= 15 is 0 Å². The van der Waals surface area contributed by atoms with Gasteiger partial charge in [-0.25, -0.2) is 4.79 Å². The number of hydrogen-bond acceptors (Lipinski definition) is 3. The van der Waals surface area contributed by atoms with Crippen molar-refractivity contribution in [2.45, 2.75) is 0 Å². The first kappa shape index (κ1) is 14.6. The van der Waals surface area contributed by atoms with Gasteiger partial charge in [0.1, 0.15) is 0 Å². The Bertz CT molecular complexity index is 643. The number of carbonyl (C=O) groups is 2. The zero-order chi connectivity index (χ0) is 14.5. The summed E-state index contributed by atoms with van der Waals surface area (Å²) in [5, 5.41) is 0.520. The Hall–Kier alpha value is -1.85. The summed E-state index contributed by atoms with van der Waals surface area (Å²) in [5.41, 5.74) is 2.76. The van der Waals surface area contributed by atoms with Gasteiger partial charge in [0.2, 0.25) is 0 Å². The molecule has 6 heteroatoms. The lowest BCUT2D eigenvalue weighted by Gasteiger charge is -2.06. The highest BCUT2D eigenvalue weighted by Gasteiger charge is 2.13. The van der Waals surface area contributed by atoms with Gasteiger partial charge in [-0.1, -0.05) is 23.7 Å². The molecule has 0 bridgehead atoms. The molecule has 0 aliphatic heterocycles. The van der Waals surface area contributed by atoms with Crippen molar-refractivity contribution in [2.24, 2.45) is 0 Å². The van der Waals surface area contributed by atoms with Gasteiger partial charge in [0, 0.05) is 15.1 Å². The van der Waals surface area contributed by atoms with Crippen LogP contribution < -0.4 is 5.48 Å². The Labute approximate surface area is 128 Å². The minimum atomic E-state index is -0.653. The van der Waals surface area contributed by atoms with E-state index in [1.165, 1.54) is 12.1 Å². The normalized spacial score (nSPS) is 9.90. The van der Waals surface area contributed by atoms with Crippen LogP contribution >= 0.6 is 27.5 Å². The van der Waals surface area contributed by atoms with Crippen LogP contribution in [0.1, 0.15) is 20.7 Å². The van der Waals surface area contributed by atoms with E-state index in [1.54, 1.807) is 36.4 Å².